The minimum Gasteiger partial charge on any atom is -0.493 e. The number of rotatable bonds is 3. The molecule has 3 aliphatic rings. The third-order valence-corrected chi connectivity index (χ3v) is 6.98. The summed E-state index contributed by atoms with van der Waals surface area (Å²) in [7, 11) is 3.25. The van der Waals surface area contributed by atoms with Crippen molar-refractivity contribution in [2.75, 3.05) is 32.2 Å². The zero-order valence-corrected chi connectivity index (χ0v) is 18.2. The third-order valence-electron chi connectivity index (χ3n) is 6.73. The van der Waals surface area contributed by atoms with E-state index in [0.29, 0.717) is 35.1 Å². The SMILES string of the molecule is COc1cc2c(cc1OC)[C@H]1C[C@]3(CCN1CC2)NC(=O)N(c1ccc(Cl)cc1)C3=O. The number of carbonyl (C=O) groups excluding carboxylic acids is 2. The topological polar surface area (TPSA) is 71.1 Å². The zero-order valence-electron chi connectivity index (χ0n) is 17.5. The van der Waals surface area contributed by atoms with Crippen molar-refractivity contribution in [2.45, 2.75) is 30.8 Å². The molecule has 0 aliphatic carbocycles. The van der Waals surface area contributed by atoms with Crippen LogP contribution < -0.4 is 19.7 Å². The van der Waals surface area contributed by atoms with Gasteiger partial charge in [0, 0.05) is 24.2 Å². The molecule has 3 aliphatic heterocycles. The molecule has 5 rings (SSSR count). The molecule has 1 spiro atoms. The molecule has 2 fully saturated rings. The Morgan fingerprint density at radius 2 is 1.77 bits per heavy atom. The van der Waals surface area contributed by atoms with Gasteiger partial charge in [-0.1, -0.05) is 11.6 Å². The predicted octanol–water partition coefficient (Wildman–Crippen LogP) is 3.55. The number of nitrogens with one attached hydrogen (secondary N) is 1. The molecule has 2 aromatic rings. The van der Waals surface area contributed by atoms with E-state index in [4.69, 9.17) is 21.1 Å². The van der Waals surface area contributed by atoms with E-state index >= 15 is 0 Å². The van der Waals surface area contributed by atoms with Crippen molar-refractivity contribution in [3.63, 3.8) is 0 Å². The summed E-state index contributed by atoms with van der Waals surface area (Å²) in [4.78, 5) is 30.0. The zero-order chi connectivity index (χ0) is 21.8. The number of methoxy groups -OCH3 is 2. The number of halogens is 1. The number of fused-ring (bicyclic) bond motifs is 3. The number of hydrogen-bond donors (Lipinski definition) is 1. The van der Waals surface area contributed by atoms with Gasteiger partial charge in [0.25, 0.3) is 5.91 Å². The lowest BCUT2D eigenvalue weighted by Crippen LogP contribution is -2.57. The van der Waals surface area contributed by atoms with E-state index in [0.717, 1.165) is 25.1 Å². The van der Waals surface area contributed by atoms with Gasteiger partial charge in [-0.05, 0) is 66.8 Å². The van der Waals surface area contributed by atoms with Gasteiger partial charge < -0.3 is 14.8 Å². The summed E-state index contributed by atoms with van der Waals surface area (Å²) in [6, 6.07) is 10.4. The minimum absolute atomic E-state index is 0.0201. The van der Waals surface area contributed by atoms with E-state index in [1.807, 2.05) is 12.1 Å². The van der Waals surface area contributed by atoms with Gasteiger partial charge in [0.05, 0.1) is 19.9 Å². The van der Waals surface area contributed by atoms with E-state index < -0.39 is 5.54 Å². The average molecular weight is 442 g/mol. The highest BCUT2D eigenvalue weighted by Crippen LogP contribution is 2.46. The minimum atomic E-state index is -0.917. The summed E-state index contributed by atoms with van der Waals surface area (Å²) in [5.74, 6) is 1.18. The molecule has 7 nitrogen and oxygen atoms in total. The maximum atomic E-state index is 13.5. The third kappa shape index (κ3) is 3.15. The Bertz CT molecular complexity index is 1060. The van der Waals surface area contributed by atoms with Gasteiger partial charge in [-0.2, -0.15) is 0 Å². The van der Waals surface area contributed by atoms with Crippen LogP contribution in [0.4, 0.5) is 10.5 Å². The Hall–Kier alpha value is -2.77. The molecule has 0 bridgehead atoms. The highest BCUT2D eigenvalue weighted by atomic mass is 35.5. The average Bonchev–Trinajstić information content (AvgIpc) is 3.02. The van der Waals surface area contributed by atoms with Gasteiger partial charge >= 0.3 is 6.03 Å². The van der Waals surface area contributed by atoms with Gasteiger partial charge in [-0.3, -0.25) is 9.69 Å². The summed E-state index contributed by atoms with van der Waals surface area (Å²) in [6.45, 7) is 1.64. The normalized spacial score (nSPS) is 25.3. The molecule has 3 amide bonds. The molecule has 8 heteroatoms. The summed E-state index contributed by atoms with van der Waals surface area (Å²) < 4.78 is 11.0. The number of hydrogen-bond acceptors (Lipinski definition) is 5. The van der Waals surface area contributed by atoms with Crippen LogP contribution >= 0.6 is 11.6 Å². The van der Waals surface area contributed by atoms with E-state index in [9.17, 15) is 9.59 Å². The molecular weight excluding hydrogens is 418 g/mol. The Morgan fingerprint density at radius 3 is 2.48 bits per heavy atom. The molecule has 2 saturated heterocycles. The number of piperidine rings is 1. The maximum absolute atomic E-state index is 13.5. The van der Waals surface area contributed by atoms with Crippen molar-refractivity contribution >= 4 is 29.2 Å². The summed E-state index contributed by atoms with van der Waals surface area (Å²) in [6.07, 6.45) is 2.02. The van der Waals surface area contributed by atoms with E-state index in [1.54, 1.807) is 38.5 Å². The number of amides is 3. The fraction of sp³-hybridized carbons (Fsp3) is 0.391. The number of nitrogens with zero attached hydrogens (tertiary/aromatic N) is 2. The van der Waals surface area contributed by atoms with Crippen LogP contribution in [0.3, 0.4) is 0 Å². The first-order chi connectivity index (χ1) is 15.0. The van der Waals surface area contributed by atoms with Crippen LogP contribution in [0.15, 0.2) is 36.4 Å². The second-order valence-corrected chi connectivity index (χ2v) is 8.73. The van der Waals surface area contributed by atoms with Crippen molar-refractivity contribution in [2.24, 2.45) is 0 Å². The Balaban J connectivity index is 1.49. The van der Waals surface area contributed by atoms with Gasteiger partial charge in [0.15, 0.2) is 11.5 Å². The molecule has 2 aromatic carbocycles. The van der Waals surface area contributed by atoms with Crippen molar-refractivity contribution in [1.29, 1.82) is 0 Å². The molecule has 0 saturated carbocycles. The largest absolute Gasteiger partial charge is 0.493 e. The van der Waals surface area contributed by atoms with Gasteiger partial charge in [-0.15, -0.1) is 0 Å². The van der Waals surface area contributed by atoms with Crippen LogP contribution in [-0.4, -0.2) is 49.7 Å². The molecule has 0 unspecified atom stereocenters. The molecule has 1 N–H and O–H groups in total. The first kappa shape index (κ1) is 20.2. The Kier molecular flexibility index (Phi) is 4.83. The van der Waals surface area contributed by atoms with E-state index in [2.05, 4.69) is 10.2 Å². The number of imide groups is 1. The Morgan fingerprint density at radius 1 is 1.06 bits per heavy atom. The first-order valence-corrected chi connectivity index (χ1v) is 10.7. The van der Waals surface area contributed by atoms with Crippen molar-refractivity contribution < 1.29 is 19.1 Å². The number of anilines is 1. The van der Waals surface area contributed by atoms with Crippen LogP contribution in [0.25, 0.3) is 0 Å². The fourth-order valence-corrected chi connectivity index (χ4v) is 5.23. The molecule has 2 atom stereocenters. The fourth-order valence-electron chi connectivity index (χ4n) is 5.11. The Labute approximate surface area is 185 Å². The van der Waals surface area contributed by atoms with Gasteiger partial charge in [-0.25, -0.2) is 9.69 Å². The molecule has 3 heterocycles. The molecule has 162 valence electrons. The van der Waals surface area contributed by atoms with Crippen LogP contribution in [0.1, 0.15) is 30.0 Å². The number of ether oxygens (including phenoxy) is 2. The van der Waals surface area contributed by atoms with Crippen LogP contribution in [0.5, 0.6) is 11.5 Å². The lowest BCUT2D eigenvalue weighted by molar-refractivity contribution is -0.124. The van der Waals surface area contributed by atoms with Gasteiger partial charge in [0.2, 0.25) is 0 Å². The monoisotopic (exact) mass is 441 g/mol. The summed E-state index contributed by atoms with van der Waals surface area (Å²) in [5.41, 5.74) is 1.94. The smallest absolute Gasteiger partial charge is 0.329 e. The molecule has 0 aromatic heterocycles. The van der Waals surface area contributed by atoms with Gasteiger partial charge in [0.1, 0.15) is 5.54 Å². The maximum Gasteiger partial charge on any atom is 0.329 e. The highest BCUT2D eigenvalue weighted by Gasteiger charge is 2.55. The highest BCUT2D eigenvalue weighted by molar-refractivity contribution is 6.31. The second kappa shape index (κ2) is 7.43. The van der Waals surface area contributed by atoms with Crippen LogP contribution in [0, 0.1) is 0 Å². The predicted molar refractivity (Wildman–Crippen MR) is 117 cm³/mol. The second-order valence-electron chi connectivity index (χ2n) is 8.29. The van der Waals surface area contributed by atoms with Crippen LogP contribution in [-0.2, 0) is 11.2 Å². The molecule has 0 radical (unpaired) electrons. The summed E-state index contributed by atoms with van der Waals surface area (Å²) >= 11 is 5.98. The van der Waals surface area contributed by atoms with Crippen LogP contribution in [0.2, 0.25) is 5.02 Å². The van der Waals surface area contributed by atoms with Crippen molar-refractivity contribution in [3.8, 4) is 11.5 Å². The lowest BCUT2D eigenvalue weighted by atomic mass is 9.77. The number of carbonyl (C=O) groups is 2. The quantitative estimate of drug-likeness (QED) is 0.737. The van der Waals surface area contributed by atoms with Crippen molar-refractivity contribution in [1.82, 2.24) is 10.2 Å². The number of urea groups is 1. The summed E-state index contributed by atoms with van der Waals surface area (Å²) in [5, 5.41) is 3.58. The molecule has 31 heavy (non-hydrogen) atoms. The van der Waals surface area contributed by atoms with Crippen molar-refractivity contribution in [3.05, 3.63) is 52.5 Å². The standard InChI is InChI=1S/C23H24ClN3O4/c1-30-19-11-14-7-9-26-10-8-23(13-18(26)17(14)12-20(19)31-2)21(28)27(22(29)25-23)16-5-3-15(24)4-6-16/h3-6,11-12,18H,7-10,13H2,1-2H3,(H,25,29)/t18-,23+/m1/s1. The number of benzene rings is 2. The van der Waals surface area contributed by atoms with E-state index in [1.165, 1.54) is 10.5 Å². The van der Waals surface area contributed by atoms with E-state index in [-0.39, 0.29) is 18.0 Å². The molecular formula is C23H24ClN3O4. The first-order valence-electron chi connectivity index (χ1n) is 10.4. The lowest BCUT2D eigenvalue weighted by Gasteiger charge is -2.46.